The van der Waals surface area contributed by atoms with Gasteiger partial charge in [0.2, 0.25) is 5.91 Å². The third-order valence-corrected chi connectivity index (χ3v) is 3.95. The number of anilines is 1. The first kappa shape index (κ1) is 17.3. The summed E-state index contributed by atoms with van der Waals surface area (Å²) in [5, 5.41) is 2.94. The van der Waals surface area contributed by atoms with Crippen molar-refractivity contribution in [3.05, 3.63) is 30.6 Å². The Balaban J connectivity index is 0.00000220. The Morgan fingerprint density at radius 1 is 1.19 bits per heavy atom. The fraction of sp³-hybridized carbons (Fsp3) is 0.400. The summed E-state index contributed by atoms with van der Waals surface area (Å²) in [6, 6.07) is 5.51. The van der Waals surface area contributed by atoms with Crippen LogP contribution < -0.4 is 11.1 Å². The molecule has 1 amide bonds. The van der Waals surface area contributed by atoms with Crippen molar-refractivity contribution >= 4 is 35.0 Å². The van der Waals surface area contributed by atoms with Crippen LogP contribution in [0.3, 0.4) is 0 Å². The van der Waals surface area contributed by atoms with E-state index in [2.05, 4.69) is 15.3 Å². The number of nitrogens with two attached hydrogens (primary N) is 1. The van der Waals surface area contributed by atoms with Crippen LogP contribution in [0.25, 0.3) is 11.0 Å². The highest BCUT2D eigenvalue weighted by Gasteiger charge is 2.33. The molecule has 0 bridgehead atoms. The van der Waals surface area contributed by atoms with Crippen molar-refractivity contribution in [3.63, 3.8) is 0 Å². The number of hydrogen-bond donors (Lipinski definition) is 2. The molecule has 114 valence electrons. The molecular weight excluding hydrogens is 288 g/mol. The zero-order chi connectivity index (χ0) is 14.6. The third kappa shape index (κ3) is 3.49. The second kappa shape index (κ2) is 7.33. The summed E-state index contributed by atoms with van der Waals surface area (Å²) in [6.45, 7) is 4.32. The van der Waals surface area contributed by atoms with E-state index in [1.54, 1.807) is 12.4 Å². The fourth-order valence-corrected chi connectivity index (χ4v) is 2.26. The standard InChI is InChI=1S/C15H20N4O.ClH/c1-3-15(4-2,10-16)14(20)19-11-5-6-12-13(9-11)18-8-7-17-12;/h5-9H,3-4,10,16H2,1-2H3,(H,19,20);1H. The lowest BCUT2D eigenvalue weighted by Gasteiger charge is -2.28. The highest BCUT2D eigenvalue weighted by atomic mass is 35.5. The number of rotatable bonds is 5. The van der Waals surface area contributed by atoms with Crippen molar-refractivity contribution in [2.24, 2.45) is 11.1 Å². The summed E-state index contributed by atoms with van der Waals surface area (Å²) in [5.74, 6) is -0.0340. The van der Waals surface area contributed by atoms with Crippen molar-refractivity contribution in [2.45, 2.75) is 26.7 Å². The molecule has 5 nitrogen and oxygen atoms in total. The Kier molecular flexibility index (Phi) is 6.05. The van der Waals surface area contributed by atoms with E-state index in [0.29, 0.717) is 6.54 Å². The van der Waals surface area contributed by atoms with Gasteiger partial charge in [0.25, 0.3) is 0 Å². The molecule has 0 saturated carbocycles. The molecule has 6 heteroatoms. The van der Waals surface area contributed by atoms with E-state index in [0.717, 1.165) is 29.6 Å². The van der Waals surface area contributed by atoms with E-state index in [-0.39, 0.29) is 18.3 Å². The van der Waals surface area contributed by atoms with Gasteiger partial charge in [0.15, 0.2) is 0 Å². The van der Waals surface area contributed by atoms with Gasteiger partial charge in [0.05, 0.1) is 16.4 Å². The maximum absolute atomic E-state index is 12.4. The minimum absolute atomic E-state index is 0. The van der Waals surface area contributed by atoms with Gasteiger partial charge in [-0.25, -0.2) is 0 Å². The number of benzene rings is 1. The molecule has 0 aliphatic carbocycles. The molecule has 3 N–H and O–H groups in total. The highest BCUT2D eigenvalue weighted by molar-refractivity contribution is 5.96. The van der Waals surface area contributed by atoms with Gasteiger partial charge in [-0.1, -0.05) is 13.8 Å². The quantitative estimate of drug-likeness (QED) is 0.890. The molecule has 1 aromatic heterocycles. The van der Waals surface area contributed by atoms with E-state index in [1.807, 2.05) is 32.0 Å². The number of nitrogens with zero attached hydrogens (tertiary/aromatic N) is 2. The zero-order valence-corrected chi connectivity index (χ0v) is 13.1. The minimum Gasteiger partial charge on any atom is -0.329 e. The topological polar surface area (TPSA) is 80.9 Å². The first-order valence-electron chi connectivity index (χ1n) is 6.87. The first-order chi connectivity index (χ1) is 9.65. The number of halogens is 1. The number of carbonyl (C=O) groups is 1. The Bertz CT molecular complexity index is 605. The number of carbonyl (C=O) groups excluding carboxylic acids is 1. The summed E-state index contributed by atoms with van der Waals surface area (Å²) in [6.07, 6.45) is 4.73. The van der Waals surface area contributed by atoms with Crippen LogP contribution in [0, 0.1) is 5.41 Å². The third-order valence-electron chi connectivity index (χ3n) is 3.95. The molecule has 1 aromatic carbocycles. The second-order valence-electron chi connectivity index (χ2n) is 4.91. The monoisotopic (exact) mass is 308 g/mol. The normalized spacial score (nSPS) is 11.0. The van der Waals surface area contributed by atoms with Crippen LogP contribution in [0.2, 0.25) is 0 Å². The molecule has 0 aliphatic heterocycles. The molecule has 0 aliphatic rings. The molecule has 0 unspecified atom stereocenters. The lowest BCUT2D eigenvalue weighted by Crippen LogP contribution is -2.41. The minimum atomic E-state index is -0.503. The van der Waals surface area contributed by atoms with Crippen molar-refractivity contribution in [3.8, 4) is 0 Å². The van der Waals surface area contributed by atoms with Crippen LogP contribution in [0.5, 0.6) is 0 Å². The molecule has 2 rings (SSSR count). The van der Waals surface area contributed by atoms with Gasteiger partial charge < -0.3 is 11.1 Å². The van der Waals surface area contributed by atoms with Gasteiger partial charge in [0, 0.05) is 24.6 Å². The SMILES string of the molecule is CCC(CC)(CN)C(=O)Nc1ccc2nccnc2c1.Cl. The van der Waals surface area contributed by atoms with E-state index in [4.69, 9.17) is 5.73 Å². The molecule has 21 heavy (non-hydrogen) atoms. The molecule has 0 atom stereocenters. The summed E-state index contributed by atoms with van der Waals surface area (Å²) in [4.78, 5) is 20.9. The maximum Gasteiger partial charge on any atom is 0.231 e. The Labute approximate surface area is 130 Å². The summed E-state index contributed by atoms with van der Waals surface area (Å²) < 4.78 is 0. The van der Waals surface area contributed by atoms with Gasteiger partial charge >= 0.3 is 0 Å². The Hall–Kier alpha value is -1.72. The van der Waals surface area contributed by atoms with Gasteiger partial charge in [-0.15, -0.1) is 12.4 Å². The molecule has 0 spiro atoms. The van der Waals surface area contributed by atoms with Crippen LogP contribution in [-0.4, -0.2) is 22.4 Å². The van der Waals surface area contributed by atoms with Crippen LogP contribution in [-0.2, 0) is 4.79 Å². The van der Waals surface area contributed by atoms with Crippen LogP contribution in [0.15, 0.2) is 30.6 Å². The van der Waals surface area contributed by atoms with Crippen LogP contribution >= 0.6 is 12.4 Å². The maximum atomic E-state index is 12.4. The van der Waals surface area contributed by atoms with Gasteiger partial charge in [-0.05, 0) is 31.0 Å². The highest BCUT2D eigenvalue weighted by Crippen LogP contribution is 2.27. The molecule has 2 aromatic rings. The lowest BCUT2D eigenvalue weighted by molar-refractivity contribution is -0.125. The predicted octanol–water partition coefficient (Wildman–Crippen LogP) is 2.76. The number of fused-ring (bicyclic) bond motifs is 1. The van der Waals surface area contributed by atoms with E-state index in [9.17, 15) is 4.79 Å². The van der Waals surface area contributed by atoms with E-state index in [1.165, 1.54) is 0 Å². The van der Waals surface area contributed by atoms with Crippen molar-refractivity contribution in [1.29, 1.82) is 0 Å². The predicted molar refractivity (Wildman–Crippen MR) is 87.5 cm³/mol. The fourth-order valence-electron chi connectivity index (χ4n) is 2.26. The van der Waals surface area contributed by atoms with E-state index >= 15 is 0 Å². The Morgan fingerprint density at radius 3 is 2.38 bits per heavy atom. The second-order valence-corrected chi connectivity index (χ2v) is 4.91. The van der Waals surface area contributed by atoms with Gasteiger partial charge in [0.1, 0.15) is 0 Å². The average Bonchev–Trinajstić information content (AvgIpc) is 2.49. The molecular formula is C15H21ClN4O. The van der Waals surface area contributed by atoms with Crippen molar-refractivity contribution in [1.82, 2.24) is 9.97 Å². The van der Waals surface area contributed by atoms with Crippen molar-refractivity contribution < 1.29 is 4.79 Å². The molecule has 0 saturated heterocycles. The van der Waals surface area contributed by atoms with Crippen LogP contribution in [0.4, 0.5) is 5.69 Å². The molecule has 1 heterocycles. The average molecular weight is 309 g/mol. The summed E-state index contributed by atoms with van der Waals surface area (Å²) >= 11 is 0. The Morgan fingerprint density at radius 2 is 1.81 bits per heavy atom. The number of aromatic nitrogens is 2. The van der Waals surface area contributed by atoms with Gasteiger partial charge in [-0.2, -0.15) is 0 Å². The smallest absolute Gasteiger partial charge is 0.231 e. The zero-order valence-electron chi connectivity index (χ0n) is 12.3. The number of nitrogens with one attached hydrogen (secondary N) is 1. The summed E-state index contributed by atoms with van der Waals surface area (Å²) in [5.41, 5.74) is 7.58. The van der Waals surface area contributed by atoms with Crippen LogP contribution in [0.1, 0.15) is 26.7 Å². The summed E-state index contributed by atoms with van der Waals surface area (Å²) in [7, 11) is 0. The largest absolute Gasteiger partial charge is 0.329 e. The lowest BCUT2D eigenvalue weighted by atomic mass is 9.81. The number of amides is 1. The molecule has 0 radical (unpaired) electrons. The van der Waals surface area contributed by atoms with Crippen molar-refractivity contribution in [2.75, 3.05) is 11.9 Å². The van der Waals surface area contributed by atoms with Gasteiger partial charge in [-0.3, -0.25) is 14.8 Å². The molecule has 0 fully saturated rings. The first-order valence-corrected chi connectivity index (χ1v) is 6.87. The van der Waals surface area contributed by atoms with E-state index < -0.39 is 5.41 Å². The number of hydrogen-bond acceptors (Lipinski definition) is 4.